The number of nitrogens with zero attached hydrogens (tertiary/aromatic N) is 1. The Labute approximate surface area is 169 Å². The zero-order valence-corrected chi connectivity index (χ0v) is 16.7. The van der Waals surface area contributed by atoms with Crippen LogP contribution in [0.15, 0.2) is 40.4 Å². The number of carbonyl (C=O) groups is 1. The van der Waals surface area contributed by atoms with E-state index in [1.807, 2.05) is 0 Å². The molecule has 134 valence electrons. The molecule has 0 aliphatic rings. The molecular formula is C18H13BrCl2N2O3. The summed E-state index contributed by atoms with van der Waals surface area (Å²) in [6.07, 6.45) is 1.37. The Kier molecular flexibility index (Phi) is 6.92. The molecule has 0 unspecified atom stereocenters. The lowest BCUT2D eigenvalue weighted by molar-refractivity contribution is -0.114. The third-order valence-corrected chi connectivity index (χ3v) is 4.77. The van der Waals surface area contributed by atoms with Gasteiger partial charge in [0.15, 0.2) is 11.5 Å². The molecule has 0 aromatic heterocycles. The van der Waals surface area contributed by atoms with Gasteiger partial charge in [0.05, 0.1) is 17.2 Å². The average Bonchev–Trinajstić information content (AvgIpc) is 2.61. The Morgan fingerprint density at radius 1 is 1.27 bits per heavy atom. The van der Waals surface area contributed by atoms with Crippen molar-refractivity contribution >= 4 is 51.1 Å². The zero-order chi connectivity index (χ0) is 19.3. The summed E-state index contributed by atoms with van der Waals surface area (Å²) in [4.78, 5) is 11.2. The van der Waals surface area contributed by atoms with Crippen LogP contribution in [0.1, 0.15) is 11.1 Å². The van der Waals surface area contributed by atoms with Crippen molar-refractivity contribution < 1.29 is 14.3 Å². The third-order valence-electron chi connectivity index (χ3n) is 3.35. The minimum atomic E-state index is -0.807. The lowest BCUT2D eigenvalue weighted by Gasteiger charge is -2.13. The number of benzene rings is 2. The van der Waals surface area contributed by atoms with Crippen molar-refractivity contribution in [1.29, 1.82) is 5.26 Å². The van der Waals surface area contributed by atoms with Gasteiger partial charge in [0, 0.05) is 4.47 Å². The van der Waals surface area contributed by atoms with Crippen LogP contribution in [-0.4, -0.2) is 13.0 Å². The number of carbonyl (C=O) groups excluding carboxylic acids is 1. The lowest BCUT2D eigenvalue weighted by Crippen LogP contribution is -2.12. The number of nitriles is 1. The highest BCUT2D eigenvalue weighted by molar-refractivity contribution is 9.10. The van der Waals surface area contributed by atoms with Crippen molar-refractivity contribution in [3.8, 4) is 17.6 Å². The summed E-state index contributed by atoms with van der Waals surface area (Å²) in [6, 6.07) is 10.3. The van der Waals surface area contributed by atoms with E-state index in [4.69, 9.17) is 43.7 Å². The largest absolute Gasteiger partial charge is 0.493 e. The third kappa shape index (κ3) is 4.92. The van der Waals surface area contributed by atoms with Crippen LogP contribution in [0.5, 0.6) is 11.5 Å². The van der Waals surface area contributed by atoms with Gasteiger partial charge in [-0.25, -0.2) is 0 Å². The summed E-state index contributed by atoms with van der Waals surface area (Å²) in [6.45, 7) is 0.250. The molecule has 0 spiro atoms. The second kappa shape index (κ2) is 8.95. The van der Waals surface area contributed by atoms with Crippen LogP contribution in [0.2, 0.25) is 10.0 Å². The summed E-state index contributed by atoms with van der Waals surface area (Å²) < 4.78 is 11.7. The number of hydrogen-bond acceptors (Lipinski definition) is 4. The summed E-state index contributed by atoms with van der Waals surface area (Å²) in [5, 5.41) is 9.88. The fourth-order valence-corrected chi connectivity index (χ4v) is 2.80. The number of halogens is 3. The molecule has 0 fully saturated rings. The van der Waals surface area contributed by atoms with Crippen molar-refractivity contribution in [1.82, 2.24) is 0 Å². The van der Waals surface area contributed by atoms with Gasteiger partial charge in [0.1, 0.15) is 18.2 Å². The first kappa shape index (κ1) is 20.1. The van der Waals surface area contributed by atoms with Crippen LogP contribution < -0.4 is 15.2 Å². The predicted octanol–water partition coefficient (Wildman–Crippen LogP) is 4.74. The number of ether oxygens (including phenoxy) is 2. The number of nitrogens with two attached hydrogens (primary N) is 1. The topological polar surface area (TPSA) is 85.3 Å². The van der Waals surface area contributed by atoms with E-state index in [1.165, 1.54) is 13.2 Å². The van der Waals surface area contributed by atoms with Crippen LogP contribution in [0.25, 0.3) is 6.08 Å². The minimum Gasteiger partial charge on any atom is -0.493 e. The Hall–Kier alpha value is -2.20. The van der Waals surface area contributed by atoms with Gasteiger partial charge in [-0.2, -0.15) is 5.26 Å². The van der Waals surface area contributed by atoms with Gasteiger partial charge in [-0.15, -0.1) is 0 Å². The predicted molar refractivity (Wildman–Crippen MR) is 104 cm³/mol. The van der Waals surface area contributed by atoms with Crippen molar-refractivity contribution in [3.05, 3.63) is 61.5 Å². The molecule has 0 heterocycles. The molecule has 0 atom stereocenters. The van der Waals surface area contributed by atoms with Gasteiger partial charge in [-0.05, 0) is 41.5 Å². The number of hydrogen-bond donors (Lipinski definition) is 1. The molecule has 0 radical (unpaired) electrons. The second-order valence-corrected chi connectivity index (χ2v) is 6.76. The monoisotopic (exact) mass is 454 g/mol. The Bertz CT molecular complexity index is 923. The van der Waals surface area contributed by atoms with Crippen molar-refractivity contribution in [2.45, 2.75) is 6.61 Å². The average molecular weight is 456 g/mol. The summed E-state index contributed by atoms with van der Waals surface area (Å²) in [7, 11) is 1.49. The van der Waals surface area contributed by atoms with Crippen LogP contribution in [0.4, 0.5) is 0 Å². The van der Waals surface area contributed by atoms with E-state index in [1.54, 1.807) is 36.4 Å². The van der Waals surface area contributed by atoms with Gasteiger partial charge in [-0.3, -0.25) is 4.79 Å². The Balaban J connectivity index is 2.30. The molecular weight excluding hydrogens is 443 g/mol. The van der Waals surface area contributed by atoms with Gasteiger partial charge in [0.25, 0.3) is 5.91 Å². The van der Waals surface area contributed by atoms with Crippen molar-refractivity contribution in [2.24, 2.45) is 5.73 Å². The van der Waals surface area contributed by atoms with Crippen LogP contribution in [0.3, 0.4) is 0 Å². The van der Waals surface area contributed by atoms with E-state index in [0.717, 1.165) is 5.56 Å². The standard InChI is InChI=1S/C18H13BrCl2N2O3/c1-25-16-6-11(5-12(8-22)18(23)24)13(19)7-17(16)26-9-10-2-3-14(20)15(21)4-10/h2-7H,9H2,1H3,(H2,23,24). The molecule has 0 bridgehead atoms. The number of rotatable bonds is 6. The SMILES string of the molecule is COc1cc(C=C(C#N)C(N)=O)c(Br)cc1OCc1ccc(Cl)c(Cl)c1. The highest BCUT2D eigenvalue weighted by Crippen LogP contribution is 2.35. The molecule has 1 amide bonds. The molecule has 0 saturated carbocycles. The minimum absolute atomic E-state index is 0.169. The van der Waals surface area contributed by atoms with E-state index >= 15 is 0 Å². The maximum absolute atomic E-state index is 11.2. The molecule has 5 nitrogen and oxygen atoms in total. The molecule has 0 aliphatic heterocycles. The van der Waals surface area contributed by atoms with Crippen LogP contribution >= 0.6 is 39.1 Å². The van der Waals surface area contributed by atoms with Crippen LogP contribution in [-0.2, 0) is 11.4 Å². The molecule has 2 aromatic carbocycles. The molecule has 26 heavy (non-hydrogen) atoms. The van der Waals surface area contributed by atoms with Gasteiger partial charge >= 0.3 is 0 Å². The molecule has 0 saturated heterocycles. The Morgan fingerprint density at radius 2 is 2.00 bits per heavy atom. The van der Waals surface area contributed by atoms with E-state index in [-0.39, 0.29) is 12.2 Å². The quantitative estimate of drug-likeness (QED) is 0.503. The first-order valence-corrected chi connectivity index (χ1v) is 8.76. The number of methoxy groups -OCH3 is 1. The summed E-state index contributed by atoms with van der Waals surface area (Å²) in [5.41, 5.74) is 6.38. The highest BCUT2D eigenvalue weighted by atomic mass is 79.9. The maximum atomic E-state index is 11.2. The van der Waals surface area contributed by atoms with Crippen LogP contribution in [0, 0.1) is 11.3 Å². The number of amides is 1. The summed E-state index contributed by atoms with van der Waals surface area (Å²) >= 11 is 15.3. The Morgan fingerprint density at radius 3 is 2.58 bits per heavy atom. The van der Waals surface area contributed by atoms with E-state index in [9.17, 15) is 4.79 Å². The van der Waals surface area contributed by atoms with E-state index in [0.29, 0.717) is 31.6 Å². The normalized spacial score (nSPS) is 11.0. The second-order valence-electron chi connectivity index (χ2n) is 5.10. The maximum Gasteiger partial charge on any atom is 0.259 e. The van der Waals surface area contributed by atoms with Crippen molar-refractivity contribution in [3.63, 3.8) is 0 Å². The number of primary amides is 1. The smallest absolute Gasteiger partial charge is 0.259 e. The van der Waals surface area contributed by atoms with Gasteiger partial charge in [-0.1, -0.05) is 45.2 Å². The zero-order valence-electron chi connectivity index (χ0n) is 13.6. The summed E-state index contributed by atoms with van der Waals surface area (Å²) in [5.74, 6) is 0.0970. The van der Waals surface area contributed by atoms with E-state index < -0.39 is 5.91 Å². The highest BCUT2D eigenvalue weighted by Gasteiger charge is 2.12. The van der Waals surface area contributed by atoms with Gasteiger partial charge < -0.3 is 15.2 Å². The fraction of sp³-hybridized carbons (Fsp3) is 0.111. The molecule has 2 rings (SSSR count). The molecule has 8 heteroatoms. The molecule has 2 aromatic rings. The van der Waals surface area contributed by atoms with Crippen molar-refractivity contribution in [2.75, 3.05) is 7.11 Å². The molecule has 0 aliphatic carbocycles. The molecule has 2 N–H and O–H groups in total. The lowest BCUT2D eigenvalue weighted by atomic mass is 10.1. The first-order valence-electron chi connectivity index (χ1n) is 7.21. The first-order chi connectivity index (χ1) is 12.3. The van der Waals surface area contributed by atoms with Gasteiger partial charge in [0.2, 0.25) is 0 Å². The fourth-order valence-electron chi connectivity index (χ4n) is 2.04. The van der Waals surface area contributed by atoms with E-state index in [2.05, 4.69) is 15.9 Å².